The summed E-state index contributed by atoms with van der Waals surface area (Å²) in [6.07, 6.45) is 7.09. The average Bonchev–Trinajstić information content (AvgIpc) is 3.40. The number of carbonyl (C=O) groups excluding carboxylic acids is 2. The zero-order valence-corrected chi connectivity index (χ0v) is 23.2. The minimum Gasteiger partial charge on any atom is -0.302 e. The molecule has 4 rings (SSSR count). The highest BCUT2D eigenvalue weighted by Crippen LogP contribution is 2.33. The Labute approximate surface area is 233 Å². The van der Waals surface area contributed by atoms with Crippen LogP contribution in [0, 0.1) is 0 Å². The molecule has 2 heterocycles. The van der Waals surface area contributed by atoms with Crippen LogP contribution in [0.3, 0.4) is 0 Å². The van der Waals surface area contributed by atoms with Crippen LogP contribution in [-0.4, -0.2) is 32.6 Å². The van der Waals surface area contributed by atoms with Gasteiger partial charge >= 0.3 is 0 Å². The van der Waals surface area contributed by atoms with Crippen molar-refractivity contribution in [1.82, 2.24) is 9.88 Å². The first-order chi connectivity index (χ1) is 17.4. The second kappa shape index (κ2) is 12.8. The number of amides is 2. The molecule has 186 valence electrons. The van der Waals surface area contributed by atoms with Gasteiger partial charge in [0.15, 0.2) is 5.13 Å². The van der Waals surface area contributed by atoms with E-state index in [1.54, 1.807) is 23.2 Å². The van der Waals surface area contributed by atoms with Crippen molar-refractivity contribution in [3.05, 3.63) is 85.7 Å². The lowest BCUT2D eigenvalue weighted by molar-refractivity contribution is -0.122. The van der Waals surface area contributed by atoms with E-state index in [1.165, 1.54) is 23.1 Å². The fraction of sp³-hybridized carbons (Fsp3) is 0.231. The van der Waals surface area contributed by atoms with Crippen LogP contribution >= 0.6 is 58.5 Å². The summed E-state index contributed by atoms with van der Waals surface area (Å²) >= 11 is 20.0. The lowest BCUT2D eigenvalue weighted by atomic mass is 10.1. The van der Waals surface area contributed by atoms with E-state index in [0.717, 1.165) is 41.7 Å². The standard InChI is InChI=1S/C26H23Cl2N3O2S3/c27-19-9-5-17(6-10-19)14-21-16-29-25(35-21)30-23(32)4-2-1-3-13-31-24(33)22(36-26(31)34)15-18-7-11-20(28)12-8-18/h5-12,15-16H,1-4,13-14H2,(H,29,30,32). The quantitative estimate of drug-likeness (QED) is 0.154. The first-order valence-corrected chi connectivity index (χ1v) is 14.2. The summed E-state index contributed by atoms with van der Waals surface area (Å²) in [4.78, 5) is 32.7. The van der Waals surface area contributed by atoms with E-state index in [2.05, 4.69) is 10.3 Å². The van der Waals surface area contributed by atoms with Crippen LogP contribution in [0.1, 0.15) is 41.7 Å². The van der Waals surface area contributed by atoms with Crippen LogP contribution in [0.25, 0.3) is 6.08 Å². The van der Waals surface area contributed by atoms with Crippen LogP contribution in [0.5, 0.6) is 0 Å². The number of anilines is 1. The first-order valence-electron chi connectivity index (χ1n) is 11.4. The largest absolute Gasteiger partial charge is 0.302 e. The van der Waals surface area contributed by atoms with E-state index in [9.17, 15) is 9.59 Å². The van der Waals surface area contributed by atoms with Crippen LogP contribution in [-0.2, 0) is 16.0 Å². The van der Waals surface area contributed by atoms with Crippen molar-refractivity contribution in [3.8, 4) is 0 Å². The van der Waals surface area contributed by atoms with Gasteiger partial charge in [-0.1, -0.05) is 77.9 Å². The third-order valence-corrected chi connectivity index (χ3v) is 8.21. The minimum absolute atomic E-state index is 0.0566. The molecule has 1 aromatic heterocycles. The van der Waals surface area contributed by atoms with Gasteiger partial charge in [-0.05, 0) is 54.3 Å². The molecule has 0 unspecified atom stereocenters. The molecule has 2 amide bonds. The molecule has 2 aromatic carbocycles. The summed E-state index contributed by atoms with van der Waals surface area (Å²) in [5.74, 6) is -0.130. The highest BCUT2D eigenvalue weighted by molar-refractivity contribution is 8.26. The van der Waals surface area contributed by atoms with E-state index in [-0.39, 0.29) is 11.8 Å². The van der Waals surface area contributed by atoms with Crippen LogP contribution < -0.4 is 5.32 Å². The molecule has 1 aliphatic heterocycles. The molecule has 0 bridgehead atoms. The Morgan fingerprint density at radius 2 is 1.72 bits per heavy atom. The van der Waals surface area contributed by atoms with Gasteiger partial charge in [-0.2, -0.15) is 0 Å². The summed E-state index contributed by atoms with van der Waals surface area (Å²) in [5.41, 5.74) is 2.05. The van der Waals surface area contributed by atoms with E-state index in [0.29, 0.717) is 37.4 Å². The van der Waals surface area contributed by atoms with Crippen LogP contribution in [0.4, 0.5) is 5.13 Å². The van der Waals surface area contributed by atoms with Gasteiger partial charge in [-0.25, -0.2) is 4.98 Å². The number of hydrogen-bond donors (Lipinski definition) is 1. The number of nitrogens with one attached hydrogen (secondary N) is 1. The minimum atomic E-state index is -0.0733. The van der Waals surface area contributed by atoms with Crippen LogP contribution in [0.2, 0.25) is 10.0 Å². The van der Waals surface area contributed by atoms with E-state index in [1.807, 2.05) is 42.5 Å². The third-order valence-electron chi connectivity index (χ3n) is 5.42. The summed E-state index contributed by atoms with van der Waals surface area (Å²) < 4.78 is 0.566. The Morgan fingerprint density at radius 3 is 2.44 bits per heavy atom. The van der Waals surface area contributed by atoms with Crippen molar-refractivity contribution < 1.29 is 9.59 Å². The molecule has 1 saturated heterocycles. The second-order valence-electron chi connectivity index (χ2n) is 8.18. The van der Waals surface area contributed by atoms with Gasteiger partial charge in [0, 0.05) is 40.5 Å². The van der Waals surface area contributed by atoms with E-state index < -0.39 is 0 Å². The van der Waals surface area contributed by atoms with Gasteiger partial charge in [0.1, 0.15) is 4.32 Å². The van der Waals surface area contributed by atoms with Crippen molar-refractivity contribution >= 4 is 85.9 Å². The third kappa shape index (κ3) is 7.63. The summed E-state index contributed by atoms with van der Waals surface area (Å²) in [6, 6.07) is 15.0. The molecule has 0 radical (unpaired) electrons. The number of carbonyl (C=O) groups is 2. The maximum absolute atomic E-state index is 12.7. The van der Waals surface area contributed by atoms with E-state index in [4.69, 9.17) is 35.4 Å². The number of unbranched alkanes of at least 4 members (excludes halogenated alkanes) is 2. The van der Waals surface area contributed by atoms with Crippen molar-refractivity contribution in [3.63, 3.8) is 0 Å². The predicted octanol–water partition coefficient (Wildman–Crippen LogP) is 7.44. The smallest absolute Gasteiger partial charge is 0.266 e. The molecule has 1 aliphatic rings. The van der Waals surface area contributed by atoms with Crippen molar-refractivity contribution in [2.24, 2.45) is 0 Å². The van der Waals surface area contributed by atoms with Crippen molar-refractivity contribution in [1.29, 1.82) is 0 Å². The fourth-order valence-corrected chi connectivity index (χ4v) is 5.99. The number of thiazole rings is 1. The normalized spacial score (nSPS) is 14.6. The number of thiocarbonyl (C=S) groups is 1. The highest BCUT2D eigenvalue weighted by Gasteiger charge is 2.31. The lowest BCUT2D eigenvalue weighted by Gasteiger charge is -2.14. The molecule has 1 fully saturated rings. The molecule has 0 saturated carbocycles. The van der Waals surface area contributed by atoms with Gasteiger partial charge in [0.25, 0.3) is 5.91 Å². The van der Waals surface area contributed by atoms with Gasteiger partial charge in [0.2, 0.25) is 5.91 Å². The molecule has 36 heavy (non-hydrogen) atoms. The zero-order chi connectivity index (χ0) is 25.5. The Morgan fingerprint density at radius 1 is 1.03 bits per heavy atom. The number of halogens is 2. The molecule has 0 atom stereocenters. The average molecular weight is 577 g/mol. The Hall–Kier alpha value is -2.23. The SMILES string of the molecule is O=C(CCCCCN1C(=O)C(=Cc2ccc(Cl)cc2)SC1=S)Nc1ncc(Cc2ccc(Cl)cc2)s1. The predicted molar refractivity (Wildman–Crippen MR) is 155 cm³/mol. The van der Waals surface area contributed by atoms with Gasteiger partial charge < -0.3 is 5.32 Å². The molecular formula is C26H23Cl2N3O2S3. The molecule has 5 nitrogen and oxygen atoms in total. The zero-order valence-electron chi connectivity index (χ0n) is 19.2. The summed E-state index contributed by atoms with van der Waals surface area (Å²) in [7, 11) is 0. The highest BCUT2D eigenvalue weighted by atomic mass is 35.5. The Bertz CT molecular complexity index is 1270. The summed E-state index contributed by atoms with van der Waals surface area (Å²) in [5, 5.41) is 4.84. The molecule has 10 heteroatoms. The van der Waals surface area contributed by atoms with Gasteiger partial charge in [-0.15, -0.1) is 11.3 Å². The van der Waals surface area contributed by atoms with Gasteiger partial charge in [0.05, 0.1) is 4.91 Å². The first kappa shape index (κ1) is 26.8. The number of hydrogen-bond acceptors (Lipinski definition) is 6. The van der Waals surface area contributed by atoms with Crippen molar-refractivity contribution in [2.75, 3.05) is 11.9 Å². The maximum atomic E-state index is 12.7. The summed E-state index contributed by atoms with van der Waals surface area (Å²) in [6.45, 7) is 0.546. The molecule has 0 spiro atoms. The number of rotatable bonds is 10. The maximum Gasteiger partial charge on any atom is 0.266 e. The van der Waals surface area contributed by atoms with Crippen LogP contribution in [0.15, 0.2) is 59.6 Å². The molecule has 1 N–H and O–H groups in total. The monoisotopic (exact) mass is 575 g/mol. The Balaban J connectivity index is 1.16. The molecule has 3 aromatic rings. The van der Waals surface area contributed by atoms with Crippen molar-refractivity contribution in [2.45, 2.75) is 32.1 Å². The fourth-order valence-electron chi connectivity index (χ4n) is 3.57. The number of thioether (sulfide) groups is 1. The van der Waals surface area contributed by atoms with E-state index >= 15 is 0 Å². The van der Waals surface area contributed by atoms with Gasteiger partial charge in [-0.3, -0.25) is 14.5 Å². The number of aromatic nitrogens is 1. The second-order valence-corrected chi connectivity index (χ2v) is 11.8. The Kier molecular flexibility index (Phi) is 9.56. The number of benzene rings is 2. The molecule has 0 aliphatic carbocycles. The topological polar surface area (TPSA) is 62.3 Å². The molecular weight excluding hydrogens is 553 g/mol. The lowest BCUT2D eigenvalue weighted by Crippen LogP contribution is -2.29. The number of nitrogens with zero attached hydrogens (tertiary/aromatic N) is 2.